The Morgan fingerprint density at radius 3 is 2.53 bits per heavy atom. The third kappa shape index (κ3) is 4.18. The first-order valence-electron chi connectivity index (χ1n) is 9.55. The average Bonchev–Trinajstić information content (AvgIpc) is 3.16. The van der Waals surface area contributed by atoms with Crippen LogP contribution >= 0.6 is 23.2 Å². The molecule has 1 aliphatic rings. The number of hydrogen-bond acceptors (Lipinski definition) is 3. The second-order valence-corrected chi connectivity index (χ2v) is 8.03. The van der Waals surface area contributed by atoms with Gasteiger partial charge in [0.15, 0.2) is 0 Å². The van der Waals surface area contributed by atoms with Crippen molar-refractivity contribution in [2.75, 3.05) is 11.4 Å². The summed E-state index contributed by atoms with van der Waals surface area (Å²) in [6.07, 6.45) is 2.27. The van der Waals surface area contributed by atoms with Crippen molar-refractivity contribution in [1.82, 2.24) is 10.3 Å². The number of hydrogen-bond donors (Lipinski definition) is 1. The van der Waals surface area contributed by atoms with E-state index in [1.807, 2.05) is 25.1 Å². The maximum Gasteiger partial charge on any atom is 0.276 e. The summed E-state index contributed by atoms with van der Waals surface area (Å²) in [5.74, 6) is -0.336. The van der Waals surface area contributed by atoms with E-state index < -0.39 is 0 Å². The van der Waals surface area contributed by atoms with Crippen LogP contribution in [-0.4, -0.2) is 23.3 Å². The quantitative estimate of drug-likeness (QED) is 0.616. The van der Waals surface area contributed by atoms with Crippen LogP contribution in [0.2, 0.25) is 10.0 Å². The van der Waals surface area contributed by atoms with Crippen molar-refractivity contribution < 1.29 is 9.59 Å². The number of benzene rings is 2. The molecule has 1 aliphatic heterocycles. The molecule has 7 heteroatoms. The molecule has 0 aliphatic carbocycles. The SMILES string of the molecule is C[C@@H](NC(=O)c1ccc(Cl)cc1)c1ccc2c(c1)CCN2C(=O)c1cc(Cl)ccn1. The molecule has 0 unspecified atom stereocenters. The van der Waals surface area contributed by atoms with E-state index >= 15 is 0 Å². The van der Waals surface area contributed by atoms with Gasteiger partial charge in [-0.15, -0.1) is 0 Å². The number of carbonyl (C=O) groups excluding carboxylic acids is 2. The van der Waals surface area contributed by atoms with Gasteiger partial charge < -0.3 is 10.2 Å². The summed E-state index contributed by atoms with van der Waals surface area (Å²) in [4.78, 5) is 31.2. The van der Waals surface area contributed by atoms with Gasteiger partial charge >= 0.3 is 0 Å². The van der Waals surface area contributed by atoms with Crippen molar-refractivity contribution in [1.29, 1.82) is 0 Å². The van der Waals surface area contributed by atoms with Crippen molar-refractivity contribution in [2.45, 2.75) is 19.4 Å². The van der Waals surface area contributed by atoms with Gasteiger partial charge in [-0.1, -0.05) is 35.3 Å². The molecule has 2 aromatic carbocycles. The number of carbonyl (C=O) groups is 2. The lowest BCUT2D eigenvalue weighted by molar-refractivity contribution is 0.0938. The molecule has 0 fully saturated rings. The molecular formula is C23H19Cl2N3O2. The summed E-state index contributed by atoms with van der Waals surface area (Å²) in [6, 6.07) is 15.7. The van der Waals surface area contributed by atoms with Crippen LogP contribution < -0.4 is 10.2 Å². The van der Waals surface area contributed by atoms with Gasteiger partial charge in [-0.2, -0.15) is 0 Å². The van der Waals surface area contributed by atoms with E-state index in [1.54, 1.807) is 41.3 Å². The van der Waals surface area contributed by atoms with Crippen molar-refractivity contribution in [3.63, 3.8) is 0 Å². The summed E-state index contributed by atoms with van der Waals surface area (Å²) in [6.45, 7) is 2.51. The average molecular weight is 440 g/mol. The van der Waals surface area contributed by atoms with Gasteiger partial charge in [0.2, 0.25) is 0 Å². The van der Waals surface area contributed by atoms with Crippen molar-refractivity contribution in [2.24, 2.45) is 0 Å². The Hall–Kier alpha value is -2.89. The van der Waals surface area contributed by atoms with Crippen LogP contribution in [0.15, 0.2) is 60.8 Å². The molecule has 1 N–H and O–H groups in total. The fourth-order valence-electron chi connectivity index (χ4n) is 3.53. The number of nitrogens with one attached hydrogen (secondary N) is 1. The molecule has 1 aromatic heterocycles. The highest BCUT2D eigenvalue weighted by atomic mass is 35.5. The van der Waals surface area contributed by atoms with Gasteiger partial charge in [0.1, 0.15) is 5.69 Å². The Balaban J connectivity index is 1.50. The summed E-state index contributed by atoms with van der Waals surface area (Å²) >= 11 is 11.9. The molecule has 30 heavy (non-hydrogen) atoms. The topological polar surface area (TPSA) is 62.3 Å². The molecule has 4 rings (SSSR count). The number of amides is 2. The molecule has 2 amide bonds. The first kappa shape index (κ1) is 20.4. The summed E-state index contributed by atoms with van der Waals surface area (Å²) in [7, 11) is 0. The van der Waals surface area contributed by atoms with Crippen molar-refractivity contribution in [3.05, 3.63) is 93.2 Å². The van der Waals surface area contributed by atoms with E-state index in [0.717, 1.165) is 23.2 Å². The molecule has 0 saturated carbocycles. The summed E-state index contributed by atoms with van der Waals surface area (Å²) in [5, 5.41) is 4.07. The smallest absolute Gasteiger partial charge is 0.276 e. The molecule has 2 heterocycles. The predicted octanol–water partition coefficient (Wildman–Crippen LogP) is 5.08. The number of rotatable bonds is 4. The van der Waals surface area contributed by atoms with Gasteiger partial charge in [-0.05, 0) is 66.9 Å². The highest BCUT2D eigenvalue weighted by Crippen LogP contribution is 2.31. The molecule has 0 saturated heterocycles. The molecule has 0 bridgehead atoms. The Morgan fingerprint density at radius 1 is 1.03 bits per heavy atom. The zero-order valence-corrected chi connectivity index (χ0v) is 17.7. The van der Waals surface area contributed by atoms with E-state index in [4.69, 9.17) is 23.2 Å². The maximum absolute atomic E-state index is 12.8. The lowest BCUT2D eigenvalue weighted by atomic mass is 10.0. The molecule has 3 aromatic rings. The number of anilines is 1. The van der Waals surface area contributed by atoms with Crippen LogP contribution in [0.25, 0.3) is 0 Å². The number of aromatic nitrogens is 1. The minimum absolute atomic E-state index is 0.163. The van der Waals surface area contributed by atoms with E-state index in [1.165, 1.54) is 6.20 Å². The van der Waals surface area contributed by atoms with Crippen molar-refractivity contribution >= 4 is 40.7 Å². The standard InChI is InChI=1S/C23H19Cl2N3O2/c1-14(27-22(29)15-2-5-18(24)6-3-15)16-4-7-21-17(12-16)9-11-28(21)23(30)20-13-19(25)8-10-26-20/h2-8,10,12-14H,9,11H2,1H3,(H,27,29)/t14-/m1/s1. The largest absolute Gasteiger partial charge is 0.346 e. The summed E-state index contributed by atoms with van der Waals surface area (Å²) in [5.41, 5.74) is 3.78. The number of halogens is 2. The number of fused-ring (bicyclic) bond motifs is 1. The Kier molecular flexibility index (Phi) is 5.75. The van der Waals surface area contributed by atoms with Crippen molar-refractivity contribution in [3.8, 4) is 0 Å². The zero-order valence-electron chi connectivity index (χ0n) is 16.2. The van der Waals surface area contributed by atoms with E-state index in [-0.39, 0.29) is 17.9 Å². The van der Waals surface area contributed by atoms with Gasteiger partial charge in [-0.25, -0.2) is 0 Å². The van der Waals surface area contributed by atoms with Gasteiger partial charge in [0.25, 0.3) is 11.8 Å². The van der Waals surface area contributed by atoms with E-state index in [9.17, 15) is 9.59 Å². The molecular weight excluding hydrogens is 421 g/mol. The minimum atomic E-state index is -0.183. The molecule has 0 radical (unpaired) electrons. The fourth-order valence-corrected chi connectivity index (χ4v) is 3.81. The molecule has 152 valence electrons. The first-order valence-corrected chi connectivity index (χ1v) is 10.3. The third-order valence-electron chi connectivity index (χ3n) is 5.14. The second kappa shape index (κ2) is 8.46. The van der Waals surface area contributed by atoms with Crippen LogP contribution in [0.1, 0.15) is 44.9 Å². The fraction of sp³-hybridized carbons (Fsp3) is 0.174. The number of nitrogens with zero attached hydrogens (tertiary/aromatic N) is 2. The maximum atomic E-state index is 12.8. The number of pyridine rings is 1. The van der Waals surface area contributed by atoms with Gasteiger partial charge in [-0.3, -0.25) is 14.6 Å². The Bertz CT molecular complexity index is 1120. The Labute approximate surface area is 184 Å². The summed E-state index contributed by atoms with van der Waals surface area (Å²) < 4.78 is 0. The van der Waals surface area contributed by atoms with Crippen LogP contribution in [0.5, 0.6) is 0 Å². The lowest BCUT2D eigenvalue weighted by Gasteiger charge is -2.19. The van der Waals surface area contributed by atoms with E-state index in [2.05, 4.69) is 10.3 Å². The highest BCUT2D eigenvalue weighted by molar-refractivity contribution is 6.31. The lowest BCUT2D eigenvalue weighted by Crippen LogP contribution is -2.29. The van der Waals surface area contributed by atoms with Crippen LogP contribution in [0.3, 0.4) is 0 Å². The van der Waals surface area contributed by atoms with Crippen LogP contribution in [0.4, 0.5) is 5.69 Å². The molecule has 0 spiro atoms. The molecule has 1 atom stereocenters. The molecule has 5 nitrogen and oxygen atoms in total. The Morgan fingerprint density at radius 2 is 1.80 bits per heavy atom. The van der Waals surface area contributed by atoms with Gasteiger partial charge in [0.05, 0.1) is 6.04 Å². The van der Waals surface area contributed by atoms with Gasteiger partial charge in [0, 0.05) is 34.0 Å². The van der Waals surface area contributed by atoms with Crippen LogP contribution in [-0.2, 0) is 6.42 Å². The minimum Gasteiger partial charge on any atom is -0.346 e. The second-order valence-electron chi connectivity index (χ2n) is 7.16. The highest BCUT2D eigenvalue weighted by Gasteiger charge is 2.27. The monoisotopic (exact) mass is 439 g/mol. The third-order valence-corrected chi connectivity index (χ3v) is 5.63. The predicted molar refractivity (Wildman–Crippen MR) is 118 cm³/mol. The van der Waals surface area contributed by atoms with Crippen LogP contribution in [0, 0.1) is 0 Å². The zero-order chi connectivity index (χ0) is 21.3. The normalized spacial score (nSPS) is 13.6. The van der Waals surface area contributed by atoms with E-state index in [0.29, 0.717) is 27.8 Å². The first-order chi connectivity index (χ1) is 14.4.